The summed E-state index contributed by atoms with van der Waals surface area (Å²) in [5.74, 6) is 7.51. The van der Waals surface area contributed by atoms with E-state index in [0.29, 0.717) is 0 Å². The Morgan fingerprint density at radius 2 is 1.04 bits per heavy atom. The van der Waals surface area contributed by atoms with Crippen LogP contribution < -0.4 is 11.7 Å². The average molecular weight is 346 g/mol. The fourth-order valence-electron chi connectivity index (χ4n) is 1.33. The molecule has 0 amide bonds. The lowest BCUT2D eigenvalue weighted by molar-refractivity contribution is -0.138. The van der Waals surface area contributed by atoms with E-state index < -0.39 is 11.9 Å². The molecule has 12 nitrogen and oxygen atoms in total. The zero-order chi connectivity index (χ0) is 19.1. The molecule has 0 rings (SSSR count). The molecule has 0 aliphatic carbocycles. The number of nitrogens with two attached hydrogens (primary N) is 2. The van der Waals surface area contributed by atoms with Gasteiger partial charge in [-0.1, -0.05) is 25.7 Å². The van der Waals surface area contributed by atoms with Crippen LogP contribution in [-0.4, -0.2) is 34.8 Å². The fourth-order valence-corrected chi connectivity index (χ4v) is 1.33. The number of hydrazone groups is 2. The van der Waals surface area contributed by atoms with E-state index in [1.54, 1.807) is 0 Å². The molecule has 0 radical (unpaired) electrons. The molecule has 0 atom stereocenters. The number of carboxylic acid groups (broad SMARTS) is 2. The lowest BCUT2D eigenvalue weighted by Gasteiger charge is -1.98. The van der Waals surface area contributed by atoms with E-state index in [4.69, 9.17) is 21.3 Å². The van der Waals surface area contributed by atoms with E-state index in [1.807, 2.05) is 0 Å². The summed E-state index contributed by atoms with van der Waals surface area (Å²) in [6.07, 6.45) is 7.71. The van der Waals surface area contributed by atoms with Crippen molar-refractivity contribution >= 4 is 24.6 Å². The molecule has 0 saturated carbocycles. The number of nitrogens with one attached hydrogen (secondary N) is 2. The van der Waals surface area contributed by atoms with Gasteiger partial charge in [-0.2, -0.15) is 10.2 Å². The Bertz CT molecular complexity index is 351. The minimum absolute atomic E-state index is 0.245. The van der Waals surface area contributed by atoms with E-state index in [1.165, 1.54) is 0 Å². The maximum atomic E-state index is 10.1. The van der Waals surface area contributed by atoms with E-state index in [0.717, 1.165) is 51.2 Å². The average Bonchev–Trinajstić information content (AvgIpc) is 2.52. The Kier molecular flexibility index (Phi) is 27.1. The standard InChI is InChI=1S/C10H18O4.2CH4N4/c11-9(12)7-5-3-1-2-4-6-8-10(13)14;2*2-4-1-5-3/h1-8H2,(H,11,12)(H,13,14);2*1-2H,3H2. The van der Waals surface area contributed by atoms with Crippen LogP contribution >= 0.6 is 0 Å². The topological polar surface area (TPSA) is 224 Å². The van der Waals surface area contributed by atoms with Crippen LogP contribution in [0.3, 0.4) is 0 Å². The second-order valence-electron chi connectivity index (χ2n) is 4.20. The highest BCUT2D eigenvalue weighted by Gasteiger charge is 1.98. The molecule has 0 unspecified atom stereocenters. The molecular formula is C12H26N8O4. The van der Waals surface area contributed by atoms with E-state index >= 15 is 0 Å². The molecule has 8 N–H and O–H groups in total. The SMILES string of the molecule is N=NC=NN.N=NC=NN.O=C(O)CCCCCCCCC(=O)O. The molecule has 0 aliphatic rings. The monoisotopic (exact) mass is 346 g/mol. The first-order valence-corrected chi connectivity index (χ1v) is 7.06. The third-order valence-electron chi connectivity index (χ3n) is 2.28. The molecule has 0 heterocycles. The Morgan fingerprint density at radius 3 is 1.21 bits per heavy atom. The summed E-state index contributed by atoms with van der Waals surface area (Å²) in [6.45, 7) is 0. The first kappa shape index (κ1) is 26.0. The molecule has 0 aromatic heterocycles. The zero-order valence-electron chi connectivity index (χ0n) is 13.5. The smallest absolute Gasteiger partial charge is 0.303 e. The van der Waals surface area contributed by atoms with Crippen LogP contribution in [0.15, 0.2) is 20.4 Å². The van der Waals surface area contributed by atoms with Gasteiger partial charge in [0, 0.05) is 12.8 Å². The summed E-state index contributed by atoms with van der Waals surface area (Å²) in [4.78, 5) is 20.3. The zero-order valence-corrected chi connectivity index (χ0v) is 13.5. The van der Waals surface area contributed by atoms with Crippen molar-refractivity contribution in [1.29, 1.82) is 11.1 Å². The van der Waals surface area contributed by atoms with Crippen LogP contribution in [0.2, 0.25) is 0 Å². The number of hydrogen-bond donors (Lipinski definition) is 6. The van der Waals surface area contributed by atoms with Gasteiger partial charge in [0.1, 0.15) is 0 Å². The van der Waals surface area contributed by atoms with Crippen LogP contribution in [0.4, 0.5) is 0 Å². The lowest BCUT2D eigenvalue weighted by Crippen LogP contribution is -1.94. The minimum Gasteiger partial charge on any atom is -0.481 e. The maximum absolute atomic E-state index is 10.1. The molecule has 138 valence electrons. The number of nitrogens with zero attached hydrogens (tertiary/aromatic N) is 4. The Balaban J connectivity index is -0.000000361. The predicted molar refractivity (Wildman–Crippen MR) is 87.9 cm³/mol. The lowest BCUT2D eigenvalue weighted by atomic mass is 10.1. The summed E-state index contributed by atoms with van der Waals surface area (Å²) >= 11 is 0. The van der Waals surface area contributed by atoms with Crippen molar-refractivity contribution in [2.24, 2.45) is 32.1 Å². The van der Waals surface area contributed by atoms with E-state index in [2.05, 4.69) is 32.1 Å². The van der Waals surface area contributed by atoms with Gasteiger partial charge in [-0.05, 0) is 12.8 Å². The number of hydrogen-bond acceptors (Lipinski definition) is 8. The summed E-state index contributed by atoms with van der Waals surface area (Å²) in [7, 11) is 0. The molecule has 0 aromatic carbocycles. The highest BCUT2D eigenvalue weighted by atomic mass is 16.4. The highest BCUT2D eigenvalue weighted by Crippen LogP contribution is 2.08. The van der Waals surface area contributed by atoms with Crippen LogP contribution in [0.1, 0.15) is 51.4 Å². The van der Waals surface area contributed by atoms with Gasteiger partial charge in [-0.15, -0.1) is 10.2 Å². The van der Waals surface area contributed by atoms with Crippen LogP contribution in [0.5, 0.6) is 0 Å². The molecule has 0 aromatic rings. The normalized spacial score (nSPS) is 9.50. The molecule has 12 heteroatoms. The maximum Gasteiger partial charge on any atom is 0.303 e. The molecule has 0 spiro atoms. The van der Waals surface area contributed by atoms with Crippen molar-refractivity contribution in [1.82, 2.24) is 0 Å². The Labute approximate surface area is 140 Å². The van der Waals surface area contributed by atoms with Gasteiger partial charge in [0.15, 0.2) is 12.7 Å². The van der Waals surface area contributed by atoms with Gasteiger partial charge in [-0.25, -0.2) is 11.1 Å². The summed E-state index contributed by atoms with van der Waals surface area (Å²) in [6, 6.07) is 0. The van der Waals surface area contributed by atoms with Crippen LogP contribution in [0.25, 0.3) is 0 Å². The third kappa shape index (κ3) is 42.7. The molecule has 0 bridgehead atoms. The molecule has 0 aliphatic heterocycles. The number of unbranched alkanes of at least 4 members (excludes halogenated alkanes) is 5. The highest BCUT2D eigenvalue weighted by molar-refractivity contribution is 5.66. The molecule has 0 fully saturated rings. The van der Waals surface area contributed by atoms with Gasteiger partial charge in [0.05, 0.1) is 0 Å². The summed E-state index contributed by atoms with van der Waals surface area (Å²) in [5.41, 5.74) is 12.0. The van der Waals surface area contributed by atoms with E-state index in [9.17, 15) is 9.59 Å². The third-order valence-corrected chi connectivity index (χ3v) is 2.28. The Morgan fingerprint density at radius 1 is 0.750 bits per heavy atom. The molecular weight excluding hydrogens is 320 g/mol. The van der Waals surface area contributed by atoms with Gasteiger partial charge in [0.25, 0.3) is 0 Å². The van der Waals surface area contributed by atoms with Crippen LogP contribution in [0, 0.1) is 11.1 Å². The first-order chi connectivity index (χ1) is 11.5. The van der Waals surface area contributed by atoms with Crippen molar-refractivity contribution < 1.29 is 19.8 Å². The van der Waals surface area contributed by atoms with Crippen molar-refractivity contribution in [3.8, 4) is 0 Å². The second-order valence-corrected chi connectivity index (χ2v) is 4.20. The van der Waals surface area contributed by atoms with E-state index in [-0.39, 0.29) is 12.8 Å². The van der Waals surface area contributed by atoms with Gasteiger partial charge in [-0.3, -0.25) is 9.59 Å². The largest absolute Gasteiger partial charge is 0.481 e. The van der Waals surface area contributed by atoms with Gasteiger partial charge >= 0.3 is 11.9 Å². The summed E-state index contributed by atoms with van der Waals surface area (Å²) in [5, 5.41) is 27.8. The predicted octanol–water partition coefficient (Wildman–Crippen LogP) is 2.12. The first-order valence-electron chi connectivity index (χ1n) is 7.06. The van der Waals surface area contributed by atoms with Gasteiger partial charge < -0.3 is 21.9 Å². The molecule has 0 saturated heterocycles. The van der Waals surface area contributed by atoms with Crippen molar-refractivity contribution in [3.63, 3.8) is 0 Å². The van der Waals surface area contributed by atoms with Crippen molar-refractivity contribution in [3.05, 3.63) is 0 Å². The number of carboxylic acids is 2. The summed E-state index contributed by atoms with van der Waals surface area (Å²) < 4.78 is 0. The second kappa shape index (κ2) is 25.1. The van der Waals surface area contributed by atoms with Gasteiger partial charge in [0.2, 0.25) is 0 Å². The quantitative estimate of drug-likeness (QED) is 0.0819. The minimum atomic E-state index is -0.740. The number of carbonyl (C=O) groups is 2. The van der Waals surface area contributed by atoms with Crippen LogP contribution in [-0.2, 0) is 9.59 Å². The van der Waals surface area contributed by atoms with Crippen molar-refractivity contribution in [2.75, 3.05) is 0 Å². The van der Waals surface area contributed by atoms with Crippen molar-refractivity contribution in [2.45, 2.75) is 51.4 Å². The number of aliphatic carboxylic acids is 2. The molecule has 24 heavy (non-hydrogen) atoms. The Hall–Kier alpha value is -2.92. The number of rotatable bonds is 11. The fraction of sp³-hybridized carbons (Fsp3) is 0.667.